The number of benzene rings is 1. The maximum absolute atomic E-state index is 11.8. The van der Waals surface area contributed by atoms with Crippen molar-refractivity contribution >= 4 is 23.4 Å². The molecule has 0 radical (unpaired) electrons. The van der Waals surface area contributed by atoms with Gasteiger partial charge in [-0.2, -0.15) is 0 Å². The predicted octanol–water partition coefficient (Wildman–Crippen LogP) is 2.16. The Balaban J connectivity index is 1.88. The van der Waals surface area contributed by atoms with Crippen LogP contribution in [0.4, 0.5) is 5.69 Å². The second kappa shape index (κ2) is 5.88. The van der Waals surface area contributed by atoms with Gasteiger partial charge in [0.2, 0.25) is 5.91 Å². The molecule has 1 amide bonds. The predicted molar refractivity (Wildman–Crippen MR) is 76.3 cm³/mol. The average Bonchev–Trinajstić information content (AvgIpc) is 2.70. The molecule has 6 heteroatoms. The van der Waals surface area contributed by atoms with E-state index in [2.05, 4.69) is 15.5 Å². The lowest BCUT2D eigenvalue weighted by Crippen LogP contribution is -2.14. The number of rotatable bonds is 4. The summed E-state index contributed by atoms with van der Waals surface area (Å²) in [5.41, 5.74) is 1.98. The van der Waals surface area contributed by atoms with Crippen LogP contribution in [0.5, 0.6) is 0 Å². The molecular weight excluding hydrogens is 260 g/mol. The van der Waals surface area contributed by atoms with Crippen molar-refractivity contribution < 1.29 is 4.79 Å². The zero-order valence-electron chi connectivity index (χ0n) is 11.2. The molecule has 100 valence electrons. The molecule has 0 atom stereocenters. The molecule has 19 heavy (non-hydrogen) atoms. The van der Waals surface area contributed by atoms with E-state index < -0.39 is 0 Å². The molecule has 5 nitrogen and oxygen atoms in total. The van der Waals surface area contributed by atoms with Gasteiger partial charge in [0.15, 0.2) is 5.16 Å². The van der Waals surface area contributed by atoms with E-state index >= 15 is 0 Å². The highest BCUT2D eigenvalue weighted by Crippen LogP contribution is 2.16. The Hall–Kier alpha value is -1.82. The minimum atomic E-state index is -0.0468. The number of nitrogens with zero attached hydrogens (tertiary/aromatic N) is 3. The van der Waals surface area contributed by atoms with Crippen LogP contribution in [0.15, 0.2) is 29.4 Å². The van der Waals surface area contributed by atoms with Gasteiger partial charge in [0.1, 0.15) is 5.82 Å². The zero-order valence-corrected chi connectivity index (χ0v) is 12.0. The first-order chi connectivity index (χ1) is 9.06. The van der Waals surface area contributed by atoms with E-state index in [1.54, 1.807) is 0 Å². The van der Waals surface area contributed by atoms with Crippen LogP contribution in [0.2, 0.25) is 0 Å². The van der Waals surface area contributed by atoms with Crippen LogP contribution in [-0.4, -0.2) is 26.4 Å². The fourth-order valence-electron chi connectivity index (χ4n) is 1.48. The quantitative estimate of drug-likeness (QED) is 0.869. The maximum atomic E-state index is 11.8. The van der Waals surface area contributed by atoms with Crippen LogP contribution in [0.1, 0.15) is 11.4 Å². The van der Waals surface area contributed by atoms with Gasteiger partial charge in [-0.1, -0.05) is 29.5 Å². The van der Waals surface area contributed by atoms with Crippen molar-refractivity contribution in [1.29, 1.82) is 0 Å². The highest BCUT2D eigenvalue weighted by Gasteiger charge is 2.09. The average molecular weight is 276 g/mol. The van der Waals surface area contributed by atoms with Crippen LogP contribution in [0, 0.1) is 13.8 Å². The molecule has 2 rings (SSSR count). The second-order valence-electron chi connectivity index (χ2n) is 4.29. The number of aryl methyl sites for hydroxylation is 2. The molecule has 0 aliphatic rings. The number of nitrogens with one attached hydrogen (secondary N) is 1. The summed E-state index contributed by atoms with van der Waals surface area (Å²) in [7, 11) is 1.88. The van der Waals surface area contributed by atoms with Gasteiger partial charge in [0, 0.05) is 12.7 Å². The molecule has 1 aromatic carbocycles. The third kappa shape index (κ3) is 3.57. The molecule has 0 bridgehead atoms. The van der Waals surface area contributed by atoms with Gasteiger partial charge in [0.25, 0.3) is 0 Å². The number of anilines is 1. The Bertz CT molecular complexity index is 577. The molecule has 2 aromatic rings. The Morgan fingerprint density at radius 1 is 1.26 bits per heavy atom. The van der Waals surface area contributed by atoms with Gasteiger partial charge >= 0.3 is 0 Å². The molecular formula is C13H16N4OS. The van der Waals surface area contributed by atoms with E-state index in [0.717, 1.165) is 16.7 Å². The topological polar surface area (TPSA) is 59.8 Å². The monoisotopic (exact) mass is 276 g/mol. The molecule has 1 heterocycles. The summed E-state index contributed by atoms with van der Waals surface area (Å²) in [6, 6.07) is 7.72. The first kappa shape index (κ1) is 13.6. The van der Waals surface area contributed by atoms with Crippen molar-refractivity contribution in [3.63, 3.8) is 0 Å². The Kier molecular flexibility index (Phi) is 4.21. The fraction of sp³-hybridized carbons (Fsp3) is 0.308. The summed E-state index contributed by atoms with van der Waals surface area (Å²) >= 11 is 1.38. The maximum Gasteiger partial charge on any atom is 0.234 e. The molecule has 0 fully saturated rings. The fourth-order valence-corrected chi connectivity index (χ4v) is 2.23. The normalized spacial score (nSPS) is 10.5. The van der Waals surface area contributed by atoms with E-state index in [1.165, 1.54) is 17.3 Å². The summed E-state index contributed by atoms with van der Waals surface area (Å²) < 4.78 is 1.86. The number of amides is 1. The first-order valence-corrected chi connectivity index (χ1v) is 6.90. The first-order valence-electron chi connectivity index (χ1n) is 5.91. The lowest BCUT2D eigenvalue weighted by molar-refractivity contribution is -0.113. The van der Waals surface area contributed by atoms with Crippen LogP contribution in [-0.2, 0) is 11.8 Å². The van der Waals surface area contributed by atoms with E-state index in [-0.39, 0.29) is 5.91 Å². The summed E-state index contributed by atoms with van der Waals surface area (Å²) in [5.74, 6) is 1.11. The van der Waals surface area contributed by atoms with Gasteiger partial charge in [-0.25, -0.2) is 0 Å². The third-order valence-electron chi connectivity index (χ3n) is 2.72. The number of hydrogen-bond acceptors (Lipinski definition) is 4. The highest BCUT2D eigenvalue weighted by atomic mass is 32.2. The van der Waals surface area contributed by atoms with Crippen molar-refractivity contribution in [2.75, 3.05) is 11.1 Å². The Morgan fingerprint density at radius 2 is 1.95 bits per heavy atom. The van der Waals surface area contributed by atoms with Crippen molar-refractivity contribution in [2.45, 2.75) is 19.0 Å². The van der Waals surface area contributed by atoms with Crippen LogP contribution in [0.25, 0.3) is 0 Å². The van der Waals surface area contributed by atoms with Crippen molar-refractivity contribution in [3.05, 3.63) is 35.7 Å². The summed E-state index contributed by atoms with van der Waals surface area (Å²) in [5, 5.41) is 11.5. The number of carbonyl (C=O) groups is 1. The smallest absolute Gasteiger partial charge is 0.234 e. The molecule has 1 N–H and O–H groups in total. The molecule has 0 unspecified atom stereocenters. The second-order valence-corrected chi connectivity index (χ2v) is 5.23. The Labute approximate surface area is 116 Å². The third-order valence-corrected chi connectivity index (χ3v) is 3.74. The molecule has 0 saturated carbocycles. The number of thioether (sulfide) groups is 1. The van der Waals surface area contributed by atoms with Crippen molar-refractivity contribution in [2.24, 2.45) is 7.05 Å². The molecule has 0 aliphatic carbocycles. The minimum Gasteiger partial charge on any atom is -0.325 e. The van der Waals surface area contributed by atoms with Crippen molar-refractivity contribution in [3.8, 4) is 0 Å². The summed E-state index contributed by atoms with van der Waals surface area (Å²) in [6.07, 6.45) is 0. The van der Waals surface area contributed by atoms with E-state index in [1.807, 2.05) is 49.7 Å². The van der Waals surface area contributed by atoms with Crippen LogP contribution >= 0.6 is 11.8 Å². The van der Waals surface area contributed by atoms with E-state index in [0.29, 0.717) is 5.75 Å². The van der Waals surface area contributed by atoms with Gasteiger partial charge < -0.3 is 9.88 Å². The molecule has 0 saturated heterocycles. The summed E-state index contributed by atoms with van der Waals surface area (Å²) in [6.45, 7) is 3.89. The molecule has 0 aliphatic heterocycles. The Morgan fingerprint density at radius 3 is 2.53 bits per heavy atom. The standard InChI is InChI=1S/C13H16N4OS/c1-9-4-6-11(7-5-9)14-12(18)8-19-13-16-15-10(2)17(13)3/h4-7H,8H2,1-3H3,(H,14,18). The SMILES string of the molecule is Cc1ccc(NC(=O)CSc2nnc(C)n2C)cc1. The highest BCUT2D eigenvalue weighted by molar-refractivity contribution is 7.99. The minimum absolute atomic E-state index is 0.0468. The zero-order chi connectivity index (χ0) is 13.8. The van der Waals surface area contributed by atoms with E-state index in [9.17, 15) is 4.79 Å². The van der Waals surface area contributed by atoms with Crippen LogP contribution < -0.4 is 5.32 Å². The number of aromatic nitrogens is 3. The van der Waals surface area contributed by atoms with Gasteiger partial charge in [-0.05, 0) is 26.0 Å². The molecule has 1 aromatic heterocycles. The van der Waals surface area contributed by atoms with E-state index in [4.69, 9.17) is 0 Å². The van der Waals surface area contributed by atoms with Gasteiger partial charge in [-0.15, -0.1) is 10.2 Å². The molecule has 0 spiro atoms. The lowest BCUT2D eigenvalue weighted by Gasteiger charge is -2.05. The van der Waals surface area contributed by atoms with Gasteiger partial charge in [-0.3, -0.25) is 4.79 Å². The number of hydrogen-bond donors (Lipinski definition) is 1. The van der Waals surface area contributed by atoms with Gasteiger partial charge in [0.05, 0.1) is 5.75 Å². The van der Waals surface area contributed by atoms with Crippen LogP contribution in [0.3, 0.4) is 0 Å². The lowest BCUT2D eigenvalue weighted by atomic mass is 10.2. The van der Waals surface area contributed by atoms with Crippen molar-refractivity contribution in [1.82, 2.24) is 14.8 Å². The summed E-state index contributed by atoms with van der Waals surface area (Å²) in [4.78, 5) is 11.8. The largest absolute Gasteiger partial charge is 0.325 e. The number of carbonyl (C=O) groups excluding carboxylic acids is 1.